The first-order valence-corrected chi connectivity index (χ1v) is 6.88. The van der Waals surface area contributed by atoms with Gasteiger partial charge in [-0.2, -0.15) is 0 Å². The summed E-state index contributed by atoms with van der Waals surface area (Å²) in [4.78, 5) is 38.5. The quantitative estimate of drug-likeness (QED) is 0.686. The van der Waals surface area contributed by atoms with Gasteiger partial charge in [-0.05, 0) is 32.6 Å². The van der Waals surface area contributed by atoms with Gasteiger partial charge >= 0.3 is 6.03 Å². The minimum atomic E-state index is -0.951. The Morgan fingerprint density at radius 3 is 2.70 bits per heavy atom. The van der Waals surface area contributed by atoms with Gasteiger partial charge in [-0.15, -0.1) is 0 Å². The van der Waals surface area contributed by atoms with Crippen LogP contribution in [-0.2, 0) is 9.59 Å². The van der Waals surface area contributed by atoms with Crippen molar-refractivity contribution in [2.75, 3.05) is 26.2 Å². The summed E-state index contributed by atoms with van der Waals surface area (Å²) in [6.45, 7) is 4.15. The smallest absolute Gasteiger partial charge is 0.325 e. The summed E-state index contributed by atoms with van der Waals surface area (Å²) in [6, 6.07) is -0.524. The maximum absolute atomic E-state index is 12.2. The van der Waals surface area contributed by atoms with Gasteiger partial charge in [-0.25, -0.2) is 4.79 Å². The molecule has 20 heavy (non-hydrogen) atoms. The number of hydrogen-bond acceptors (Lipinski definition) is 4. The Morgan fingerprint density at radius 1 is 1.45 bits per heavy atom. The minimum absolute atomic E-state index is 0.0555. The highest BCUT2D eigenvalue weighted by molar-refractivity contribution is 6.08. The molecule has 0 saturated carbocycles. The van der Waals surface area contributed by atoms with E-state index in [1.54, 1.807) is 18.7 Å². The molecule has 2 N–H and O–H groups in total. The number of nitrogens with zero attached hydrogens (tertiary/aromatic N) is 2. The molecule has 0 spiro atoms. The third-order valence-electron chi connectivity index (χ3n) is 3.87. The molecule has 0 aliphatic carbocycles. The van der Waals surface area contributed by atoms with Gasteiger partial charge in [-0.1, -0.05) is 0 Å². The number of rotatable bonds is 3. The molecule has 0 aromatic rings. The second-order valence-corrected chi connectivity index (χ2v) is 5.98. The summed E-state index contributed by atoms with van der Waals surface area (Å²) >= 11 is 0. The van der Waals surface area contributed by atoms with Crippen LogP contribution in [0.5, 0.6) is 0 Å². The monoisotopic (exact) mass is 283 g/mol. The van der Waals surface area contributed by atoms with Crippen LogP contribution in [0.1, 0.15) is 26.7 Å². The topological polar surface area (TPSA) is 90.0 Å². The maximum Gasteiger partial charge on any atom is 0.325 e. The zero-order valence-electron chi connectivity index (χ0n) is 11.9. The fourth-order valence-electron chi connectivity index (χ4n) is 2.64. The van der Waals surface area contributed by atoms with Gasteiger partial charge in [0.05, 0.1) is 0 Å². The van der Waals surface area contributed by atoms with E-state index < -0.39 is 11.6 Å². The van der Waals surface area contributed by atoms with Crippen LogP contribution in [0.4, 0.5) is 4.79 Å². The van der Waals surface area contributed by atoms with Gasteiger partial charge in [0, 0.05) is 19.7 Å². The van der Waals surface area contributed by atoms with E-state index in [4.69, 9.17) is 5.11 Å². The first-order chi connectivity index (χ1) is 9.35. The number of imide groups is 1. The minimum Gasteiger partial charge on any atom is -0.396 e. The molecule has 2 heterocycles. The number of carbonyl (C=O) groups is 3. The summed E-state index contributed by atoms with van der Waals surface area (Å²) in [5, 5.41) is 11.7. The van der Waals surface area contributed by atoms with Crippen molar-refractivity contribution >= 4 is 17.8 Å². The number of amides is 4. The SMILES string of the molecule is CC1(C)NC(=O)N(CC(=O)N2CCCC(CO)C2)C1=O. The highest BCUT2D eigenvalue weighted by atomic mass is 16.3. The average molecular weight is 283 g/mol. The zero-order chi connectivity index (χ0) is 14.9. The lowest BCUT2D eigenvalue weighted by atomic mass is 9.99. The van der Waals surface area contributed by atoms with Crippen LogP contribution in [0, 0.1) is 5.92 Å². The first-order valence-electron chi connectivity index (χ1n) is 6.88. The number of carbonyl (C=O) groups excluding carboxylic acids is 3. The molecule has 7 heteroatoms. The van der Waals surface area contributed by atoms with Gasteiger partial charge in [0.1, 0.15) is 12.1 Å². The first kappa shape index (κ1) is 14.8. The molecular weight excluding hydrogens is 262 g/mol. The van der Waals surface area contributed by atoms with Crippen molar-refractivity contribution in [1.29, 1.82) is 0 Å². The van der Waals surface area contributed by atoms with Gasteiger partial charge < -0.3 is 15.3 Å². The second kappa shape index (κ2) is 5.40. The second-order valence-electron chi connectivity index (χ2n) is 5.98. The fraction of sp³-hybridized carbons (Fsp3) is 0.769. The van der Waals surface area contributed by atoms with Crippen LogP contribution in [-0.4, -0.2) is 64.5 Å². The van der Waals surface area contributed by atoms with E-state index in [0.29, 0.717) is 13.1 Å². The lowest BCUT2D eigenvalue weighted by Crippen LogP contribution is -2.47. The molecule has 2 aliphatic heterocycles. The summed E-state index contributed by atoms with van der Waals surface area (Å²) in [7, 11) is 0. The van der Waals surface area contributed by atoms with Gasteiger partial charge in [0.2, 0.25) is 5.91 Å². The van der Waals surface area contributed by atoms with E-state index in [1.807, 2.05) is 0 Å². The number of likely N-dealkylation sites (tertiary alicyclic amines) is 1. The fourth-order valence-corrected chi connectivity index (χ4v) is 2.64. The Kier molecular flexibility index (Phi) is 3.99. The molecular formula is C13H21N3O4. The van der Waals surface area contributed by atoms with Crippen LogP contribution < -0.4 is 5.32 Å². The largest absolute Gasteiger partial charge is 0.396 e. The molecule has 1 unspecified atom stereocenters. The van der Waals surface area contributed by atoms with Crippen molar-refractivity contribution in [2.24, 2.45) is 5.92 Å². The molecule has 2 aliphatic rings. The lowest BCUT2D eigenvalue weighted by Gasteiger charge is -2.32. The van der Waals surface area contributed by atoms with Gasteiger partial charge in [0.15, 0.2) is 0 Å². The molecule has 2 saturated heterocycles. The Balaban J connectivity index is 1.98. The third kappa shape index (κ3) is 2.77. The number of urea groups is 1. The number of aliphatic hydroxyl groups is 1. The summed E-state index contributed by atoms with van der Waals surface area (Å²) in [6.07, 6.45) is 1.74. The van der Waals surface area contributed by atoms with E-state index >= 15 is 0 Å². The molecule has 0 aromatic heterocycles. The van der Waals surface area contributed by atoms with Crippen molar-refractivity contribution in [2.45, 2.75) is 32.2 Å². The normalized spacial score (nSPS) is 25.9. The molecule has 0 radical (unpaired) electrons. The van der Waals surface area contributed by atoms with Crippen LogP contribution >= 0.6 is 0 Å². The molecule has 1 atom stereocenters. The Hall–Kier alpha value is -1.63. The molecule has 2 rings (SSSR count). The highest BCUT2D eigenvalue weighted by Gasteiger charge is 2.45. The lowest BCUT2D eigenvalue weighted by molar-refractivity contribution is -0.139. The summed E-state index contributed by atoms with van der Waals surface area (Å²) in [5.41, 5.74) is -0.951. The molecule has 0 bridgehead atoms. The Morgan fingerprint density at radius 2 is 2.15 bits per heavy atom. The van der Waals surface area contributed by atoms with Crippen LogP contribution in [0.15, 0.2) is 0 Å². The Bertz CT molecular complexity index is 435. The van der Waals surface area contributed by atoms with E-state index in [0.717, 1.165) is 17.7 Å². The van der Waals surface area contributed by atoms with E-state index in [2.05, 4.69) is 5.32 Å². The standard InChI is InChI=1S/C13H21N3O4/c1-13(2)11(19)16(12(20)14-13)7-10(18)15-5-3-4-9(6-15)8-17/h9,17H,3-8H2,1-2H3,(H,14,20). The van der Waals surface area contributed by atoms with Gasteiger partial charge in [0.25, 0.3) is 5.91 Å². The molecule has 112 valence electrons. The highest BCUT2D eigenvalue weighted by Crippen LogP contribution is 2.19. The van der Waals surface area contributed by atoms with Crippen molar-refractivity contribution in [3.05, 3.63) is 0 Å². The van der Waals surface area contributed by atoms with E-state index in [1.165, 1.54) is 0 Å². The predicted molar refractivity (Wildman–Crippen MR) is 70.7 cm³/mol. The predicted octanol–water partition coefficient (Wildman–Crippen LogP) is -0.452. The van der Waals surface area contributed by atoms with Crippen LogP contribution in [0.3, 0.4) is 0 Å². The summed E-state index contributed by atoms with van der Waals surface area (Å²) in [5.74, 6) is -0.539. The number of aliphatic hydroxyl groups excluding tert-OH is 1. The number of nitrogens with one attached hydrogen (secondary N) is 1. The summed E-state index contributed by atoms with van der Waals surface area (Å²) < 4.78 is 0. The van der Waals surface area contributed by atoms with E-state index in [9.17, 15) is 14.4 Å². The average Bonchev–Trinajstić information content (AvgIpc) is 2.61. The van der Waals surface area contributed by atoms with Crippen LogP contribution in [0.2, 0.25) is 0 Å². The number of hydrogen-bond donors (Lipinski definition) is 2. The Labute approximate surface area is 117 Å². The van der Waals surface area contributed by atoms with Crippen molar-refractivity contribution in [1.82, 2.24) is 15.1 Å². The van der Waals surface area contributed by atoms with Gasteiger partial charge in [-0.3, -0.25) is 14.5 Å². The van der Waals surface area contributed by atoms with Crippen molar-refractivity contribution in [3.63, 3.8) is 0 Å². The zero-order valence-corrected chi connectivity index (χ0v) is 11.9. The number of piperidine rings is 1. The van der Waals surface area contributed by atoms with Crippen molar-refractivity contribution in [3.8, 4) is 0 Å². The molecule has 7 nitrogen and oxygen atoms in total. The van der Waals surface area contributed by atoms with E-state index in [-0.39, 0.29) is 30.9 Å². The van der Waals surface area contributed by atoms with Crippen LogP contribution in [0.25, 0.3) is 0 Å². The third-order valence-corrected chi connectivity index (χ3v) is 3.87. The molecule has 4 amide bonds. The molecule has 2 fully saturated rings. The van der Waals surface area contributed by atoms with Crippen molar-refractivity contribution < 1.29 is 19.5 Å². The maximum atomic E-state index is 12.2. The molecule has 0 aromatic carbocycles.